The monoisotopic (exact) mass is 328 g/mol. The number of nitrogens with two attached hydrogens (primary N) is 1. The third-order valence-corrected chi connectivity index (χ3v) is 4.35. The molecule has 2 heterocycles. The third kappa shape index (κ3) is 2.98. The summed E-state index contributed by atoms with van der Waals surface area (Å²) < 4.78 is 9.95. The van der Waals surface area contributed by atoms with Gasteiger partial charge in [0.05, 0.1) is 18.0 Å². The van der Waals surface area contributed by atoms with Crippen LogP contribution in [0.5, 0.6) is 5.06 Å². The van der Waals surface area contributed by atoms with Crippen molar-refractivity contribution in [2.24, 2.45) is 0 Å². The van der Waals surface area contributed by atoms with E-state index in [1.54, 1.807) is 6.92 Å². The molecule has 0 atom stereocenters. The van der Waals surface area contributed by atoms with Crippen LogP contribution < -0.4 is 10.5 Å². The summed E-state index contributed by atoms with van der Waals surface area (Å²) in [5, 5.41) is 1.13. The van der Waals surface area contributed by atoms with Crippen LogP contribution in [-0.4, -0.2) is 17.7 Å². The highest BCUT2D eigenvalue weighted by molar-refractivity contribution is 7.21. The van der Waals surface area contributed by atoms with E-state index in [0.717, 1.165) is 27.0 Å². The van der Waals surface area contributed by atoms with Crippen molar-refractivity contribution in [1.82, 2.24) is 4.98 Å². The Labute approximate surface area is 137 Å². The maximum atomic E-state index is 11.5. The molecular formula is C17H16N2O3S. The summed E-state index contributed by atoms with van der Waals surface area (Å²) in [5.74, 6) is 0. The minimum Gasteiger partial charge on any atom is -0.434 e. The number of thiophene rings is 1. The van der Waals surface area contributed by atoms with E-state index >= 15 is 0 Å². The van der Waals surface area contributed by atoms with Crippen molar-refractivity contribution in [1.29, 1.82) is 0 Å². The van der Waals surface area contributed by atoms with Crippen LogP contribution >= 0.6 is 11.3 Å². The summed E-state index contributed by atoms with van der Waals surface area (Å²) in [4.78, 5) is 16.9. The number of nitrogens with zero attached hydrogens (tertiary/aromatic N) is 1. The van der Waals surface area contributed by atoms with E-state index in [0.29, 0.717) is 10.8 Å². The van der Waals surface area contributed by atoms with Crippen LogP contribution in [0.2, 0.25) is 0 Å². The van der Waals surface area contributed by atoms with E-state index in [2.05, 4.69) is 4.98 Å². The second-order valence-electron chi connectivity index (χ2n) is 4.96. The summed E-state index contributed by atoms with van der Waals surface area (Å²) in [6.45, 7) is 3.93. The van der Waals surface area contributed by atoms with Gasteiger partial charge in [0, 0.05) is 10.9 Å². The largest absolute Gasteiger partial charge is 0.514 e. The van der Waals surface area contributed by atoms with Crippen molar-refractivity contribution in [3.8, 4) is 16.3 Å². The Morgan fingerprint density at radius 1 is 1.30 bits per heavy atom. The molecule has 5 nitrogen and oxygen atoms in total. The van der Waals surface area contributed by atoms with Crippen LogP contribution in [0.3, 0.4) is 0 Å². The van der Waals surface area contributed by atoms with Crippen molar-refractivity contribution in [3.63, 3.8) is 0 Å². The summed E-state index contributed by atoms with van der Waals surface area (Å²) in [7, 11) is 0. The number of hydrogen-bond donors (Lipinski definition) is 1. The van der Waals surface area contributed by atoms with Crippen LogP contribution in [0.25, 0.3) is 21.5 Å². The number of ether oxygens (including phenoxy) is 2. The molecule has 0 aliphatic rings. The van der Waals surface area contributed by atoms with Gasteiger partial charge in [0.15, 0.2) is 0 Å². The van der Waals surface area contributed by atoms with Crippen LogP contribution in [0, 0.1) is 6.92 Å². The Morgan fingerprint density at radius 2 is 2.04 bits per heavy atom. The molecule has 2 aromatic heterocycles. The third-order valence-electron chi connectivity index (χ3n) is 3.37. The zero-order chi connectivity index (χ0) is 16.4. The second-order valence-corrected chi connectivity index (χ2v) is 5.92. The topological polar surface area (TPSA) is 74.4 Å². The summed E-state index contributed by atoms with van der Waals surface area (Å²) in [6.07, 6.45) is -0.758. The molecule has 0 aliphatic heterocycles. The van der Waals surface area contributed by atoms with E-state index in [4.69, 9.17) is 15.2 Å². The van der Waals surface area contributed by atoms with Gasteiger partial charge in [-0.25, -0.2) is 9.78 Å². The van der Waals surface area contributed by atoms with Crippen LogP contribution in [0.4, 0.5) is 10.5 Å². The molecule has 0 amide bonds. The van der Waals surface area contributed by atoms with Gasteiger partial charge in [-0.15, -0.1) is 0 Å². The van der Waals surface area contributed by atoms with Gasteiger partial charge < -0.3 is 15.2 Å². The predicted molar refractivity (Wildman–Crippen MR) is 91.9 cm³/mol. The quantitative estimate of drug-likeness (QED) is 0.722. The van der Waals surface area contributed by atoms with Crippen molar-refractivity contribution >= 4 is 33.4 Å². The Kier molecular flexibility index (Phi) is 4.16. The number of pyridine rings is 1. The van der Waals surface area contributed by atoms with Crippen LogP contribution in [0.15, 0.2) is 36.4 Å². The smallest absolute Gasteiger partial charge is 0.434 e. The molecule has 0 saturated heterocycles. The molecule has 0 bridgehead atoms. The average Bonchev–Trinajstić information content (AvgIpc) is 2.85. The van der Waals surface area contributed by atoms with Gasteiger partial charge in [0.25, 0.3) is 0 Å². The van der Waals surface area contributed by atoms with E-state index in [1.165, 1.54) is 11.3 Å². The van der Waals surface area contributed by atoms with Gasteiger partial charge in [-0.1, -0.05) is 41.7 Å². The molecule has 0 fully saturated rings. The molecule has 0 radical (unpaired) electrons. The van der Waals surface area contributed by atoms with E-state index in [9.17, 15) is 4.79 Å². The lowest BCUT2D eigenvalue weighted by Gasteiger charge is -2.04. The van der Waals surface area contributed by atoms with Crippen molar-refractivity contribution in [3.05, 3.63) is 42.0 Å². The minimum atomic E-state index is -0.758. The van der Waals surface area contributed by atoms with Gasteiger partial charge in [0.2, 0.25) is 5.06 Å². The lowest BCUT2D eigenvalue weighted by atomic mass is 10.1. The number of carbonyl (C=O) groups excluding carboxylic acids is 1. The highest BCUT2D eigenvalue weighted by atomic mass is 32.1. The normalized spacial score (nSPS) is 10.7. The predicted octanol–water partition coefficient (Wildman–Crippen LogP) is 4.39. The first-order chi connectivity index (χ1) is 11.1. The Hall–Kier alpha value is -2.60. The number of rotatable bonds is 3. The van der Waals surface area contributed by atoms with Crippen LogP contribution in [-0.2, 0) is 4.74 Å². The molecule has 23 heavy (non-hydrogen) atoms. The molecule has 1 aromatic carbocycles. The number of fused-ring (bicyclic) bond motifs is 1. The molecule has 0 saturated carbocycles. The van der Waals surface area contributed by atoms with Gasteiger partial charge in [0.1, 0.15) is 4.83 Å². The lowest BCUT2D eigenvalue weighted by molar-refractivity contribution is 0.106. The molecular weight excluding hydrogens is 312 g/mol. The molecule has 0 unspecified atom stereocenters. The minimum absolute atomic E-state index is 0.249. The van der Waals surface area contributed by atoms with E-state index in [-0.39, 0.29) is 6.61 Å². The number of carbonyl (C=O) groups is 1. The summed E-state index contributed by atoms with van der Waals surface area (Å²) >= 11 is 1.24. The fourth-order valence-electron chi connectivity index (χ4n) is 2.35. The first kappa shape index (κ1) is 15.3. The number of aromatic nitrogens is 1. The molecule has 118 valence electrons. The number of hydrogen-bond acceptors (Lipinski definition) is 6. The van der Waals surface area contributed by atoms with E-state index in [1.807, 2.05) is 43.3 Å². The van der Waals surface area contributed by atoms with E-state index < -0.39 is 6.16 Å². The first-order valence-electron chi connectivity index (χ1n) is 7.19. The summed E-state index contributed by atoms with van der Waals surface area (Å²) in [5.41, 5.74) is 9.40. The van der Waals surface area contributed by atoms with Crippen LogP contribution in [0.1, 0.15) is 12.5 Å². The highest BCUT2D eigenvalue weighted by Crippen LogP contribution is 2.42. The number of nitrogen functional groups attached to an aromatic ring is 1. The Balaban J connectivity index is 2.06. The van der Waals surface area contributed by atoms with Crippen molar-refractivity contribution in [2.45, 2.75) is 13.8 Å². The van der Waals surface area contributed by atoms with Crippen molar-refractivity contribution in [2.75, 3.05) is 12.3 Å². The average molecular weight is 328 g/mol. The Morgan fingerprint density at radius 3 is 2.74 bits per heavy atom. The van der Waals surface area contributed by atoms with Gasteiger partial charge in [-0.05, 0) is 25.5 Å². The molecule has 3 rings (SSSR count). The molecule has 0 spiro atoms. The molecule has 0 aliphatic carbocycles. The lowest BCUT2D eigenvalue weighted by Crippen LogP contribution is -2.10. The SMILES string of the molecule is CCOC(=O)Oc1sc2nc(-c3ccccc3)cc(C)c2c1N. The fourth-order valence-corrected chi connectivity index (χ4v) is 3.36. The van der Waals surface area contributed by atoms with Gasteiger partial charge in [-0.3, -0.25) is 0 Å². The zero-order valence-corrected chi connectivity index (χ0v) is 13.6. The molecule has 2 N–H and O–H groups in total. The number of aryl methyl sites for hydroxylation is 1. The first-order valence-corrected chi connectivity index (χ1v) is 8.01. The molecule has 6 heteroatoms. The zero-order valence-electron chi connectivity index (χ0n) is 12.8. The maximum Gasteiger partial charge on any atom is 0.514 e. The second kappa shape index (κ2) is 6.26. The standard InChI is InChI=1S/C17H16N2O3S/c1-3-21-17(20)22-16-14(18)13-10(2)9-12(19-15(13)23-16)11-7-5-4-6-8-11/h4-9H,3,18H2,1-2H3. The van der Waals surface area contributed by atoms with Gasteiger partial charge in [-0.2, -0.15) is 0 Å². The Bertz CT molecular complexity index is 859. The number of anilines is 1. The maximum absolute atomic E-state index is 11.5. The molecule has 3 aromatic rings. The fraction of sp³-hybridized carbons (Fsp3) is 0.176. The highest BCUT2D eigenvalue weighted by Gasteiger charge is 2.18. The van der Waals surface area contributed by atoms with Crippen molar-refractivity contribution < 1.29 is 14.3 Å². The summed E-state index contributed by atoms with van der Waals surface area (Å²) in [6, 6.07) is 11.9. The van der Waals surface area contributed by atoms with Gasteiger partial charge >= 0.3 is 6.16 Å². The number of benzene rings is 1.